The van der Waals surface area contributed by atoms with Crippen LogP contribution in [0.5, 0.6) is 0 Å². The van der Waals surface area contributed by atoms with E-state index in [2.05, 4.69) is 25.9 Å². The number of carbonyl (C=O) groups excluding carboxylic acids is 1. The van der Waals surface area contributed by atoms with Crippen LogP contribution in [0.2, 0.25) is 5.02 Å². The molecule has 8 nitrogen and oxygen atoms in total. The number of nitrogens with one attached hydrogen (secondary N) is 2. The Morgan fingerprint density at radius 2 is 1.92 bits per heavy atom. The van der Waals surface area contributed by atoms with Gasteiger partial charge in [0.1, 0.15) is 12.0 Å². The molecule has 1 amide bonds. The lowest BCUT2D eigenvalue weighted by molar-refractivity contribution is 0.0962. The number of hydrogen-bond donors (Lipinski definition) is 3. The van der Waals surface area contributed by atoms with E-state index in [9.17, 15) is 4.79 Å². The SMILES string of the molecule is Cc1cc(C)n(-c2ncnc(NNC(=O)c3ccc(Cl)cc3)c2N)n1. The Labute approximate surface area is 149 Å². The van der Waals surface area contributed by atoms with Gasteiger partial charge in [0.2, 0.25) is 0 Å². The van der Waals surface area contributed by atoms with Crippen molar-refractivity contribution in [2.75, 3.05) is 11.2 Å². The molecule has 0 saturated carbocycles. The van der Waals surface area contributed by atoms with Crippen LogP contribution in [0.4, 0.5) is 11.5 Å². The molecule has 3 aromatic rings. The summed E-state index contributed by atoms with van der Waals surface area (Å²) in [5.74, 6) is 0.367. The predicted octanol–water partition coefficient (Wildman–Crippen LogP) is 2.27. The maximum atomic E-state index is 12.1. The molecular weight excluding hydrogens is 342 g/mol. The molecule has 0 fully saturated rings. The normalized spacial score (nSPS) is 10.5. The van der Waals surface area contributed by atoms with E-state index in [-0.39, 0.29) is 17.4 Å². The van der Waals surface area contributed by atoms with Crippen molar-refractivity contribution in [2.24, 2.45) is 0 Å². The van der Waals surface area contributed by atoms with Gasteiger partial charge in [-0.2, -0.15) is 5.10 Å². The van der Waals surface area contributed by atoms with E-state index in [1.807, 2.05) is 19.9 Å². The molecule has 0 unspecified atom stereocenters. The third kappa shape index (κ3) is 3.53. The Morgan fingerprint density at radius 3 is 2.56 bits per heavy atom. The summed E-state index contributed by atoms with van der Waals surface area (Å²) < 4.78 is 1.62. The zero-order chi connectivity index (χ0) is 18.0. The van der Waals surface area contributed by atoms with Gasteiger partial charge in [-0.3, -0.25) is 15.6 Å². The quantitative estimate of drug-likeness (QED) is 0.618. The Kier molecular flexibility index (Phi) is 4.53. The molecule has 0 aliphatic rings. The zero-order valence-corrected chi connectivity index (χ0v) is 14.4. The van der Waals surface area contributed by atoms with Crippen molar-refractivity contribution in [1.82, 2.24) is 25.2 Å². The standard InChI is InChI=1S/C16H16ClN7O/c1-9-7-10(2)24(23-9)15-13(18)14(19-8-20-15)21-22-16(25)11-3-5-12(17)6-4-11/h3-8H,18H2,1-2H3,(H,22,25)(H,19,20,21). The number of anilines is 2. The molecule has 1 aromatic carbocycles. The van der Waals surface area contributed by atoms with Crippen LogP contribution >= 0.6 is 11.6 Å². The number of amides is 1. The monoisotopic (exact) mass is 357 g/mol. The molecule has 3 rings (SSSR count). The number of halogens is 1. The highest BCUT2D eigenvalue weighted by molar-refractivity contribution is 6.30. The van der Waals surface area contributed by atoms with Crippen LogP contribution in [0.15, 0.2) is 36.7 Å². The lowest BCUT2D eigenvalue weighted by atomic mass is 10.2. The second-order valence-corrected chi connectivity index (χ2v) is 5.82. The number of hydrogen-bond acceptors (Lipinski definition) is 6. The Morgan fingerprint density at radius 1 is 1.20 bits per heavy atom. The molecule has 0 aliphatic carbocycles. The average Bonchev–Trinajstić information content (AvgIpc) is 2.92. The fourth-order valence-electron chi connectivity index (χ4n) is 2.29. The molecule has 0 radical (unpaired) electrons. The first-order valence-electron chi connectivity index (χ1n) is 7.41. The van der Waals surface area contributed by atoms with Crippen LogP contribution in [0, 0.1) is 13.8 Å². The van der Waals surface area contributed by atoms with E-state index in [0.717, 1.165) is 11.4 Å². The molecular formula is C16H16ClN7O. The smallest absolute Gasteiger partial charge is 0.269 e. The molecule has 0 aliphatic heterocycles. The molecule has 9 heteroatoms. The summed E-state index contributed by atoms with van der Waals surface area (Å²) in [6, 6.07) is 8.41. The van der Waals surface area contributed by atoms with Crippen molar-refractivity contribution in [3.05, 3.63) is 58.6 Å². The van der Waals surface area contributed by atoms with E-state index in [4.69, 9.17) is 17.3 Å². The van der Waals surface area contributed by atoms with Gasteiger partial charge >= 0.3 is 0 Å². The predicted molar refractivity (Wildman–Crippen MR) is 95.6 cm³/mol. The van der Waals surface area contributed by atoms with Gasteiger partial charge in [0.15, 0.2) is 11.6 Å². The van der Waals surface area contributed by atoms with Crippen molar-refractivity contribution in [1.29, 1.82) is 0 Å². The van der Waals surface area contributed by atoms with Crippen molar-refractivity contribution in [3.8, 4) is 5.82 Å². The molecule has 128 valence electrons. The van der Waals surface area contributed by atoms with Gasteiger partial charge in [-0.1, -0.05) is 11.6 Å². The molecule has 4 N–H and O–H groups in total. The van der Waals surface area contributed by atoms with Crippen LogP contribution in [-0.4, -0.2) is 25.7 Å². The van der Waals surface area contributed by atoms with Gasteiger partial charge in [0, 0.05) is 16.3 Å². The number of aryl methyl sites for hydroxylation is 2. The number of nitrogens with zero attached hydrogens (tertiary/aromatic N) is 4. The van der Waals surface area contributed by atoms with Crippen LogP contribution in [0.3, 0.4) is 0 Å². The maximum absolute atomic E-state index is 12.1. The summed E-state index contributed by atoms with van der Waals surface area (Å²) in [5.41, 5.74) is 13.8. The maximum Gasteiger partial charge on any atom is 0.269 e. The van der Waals surface area contributed by atoms with E-state index < -0.39 is 0 Å². The number of aromatic nitrogens is 4. The summed E-state index contributed by atoms with van der Waals surface area (Å²) in [4.78, 5) is 20.4. The largest absolute Gasteiger partial charge is 0.393 e. The first-order valence-corrected chi connectivity index (χ1v) is 7.79. The zero-order valence-electron chi connectivity index (χ0n) is 13.6. The molecule has 0 bridgehead atoms. The highest BCUT2D eigenvalue weighted by atomic mass is 35.5. The molecule has 2 aromatic heterocycles. The van der Waals surface area contributed by atoms with Crippen molar-refractivity contribution in [2.45, 2.75) is 13.8 Å². The van der Waals surface area contributed by atoms with Crippen molar-refractivity contribution in [3.63, 3.8) is 0 Å². The number of benzene rings is 1. The van der Waals surface area contributed by atoms with Gasteiger partial charge in [0.25, 0.3) is 5.91 Å². The minimum atomic E-state index is -0.345. The summed E-state index contributed by atoms with van der Waals surface area (Å²) in [5, 5.41) is 4.91. The highest BCUT2D eigenvalue weighted by Crippen LogP contribution is 2.22. The molecule has 25 heavy (non-hydrogen) atoms. The number of carbonyl (C=O) groups is 1. The van der Waals surface area contributed by atoms with Gasteiger partial charge < -0.3 is 5.73 Å². The molecule has 2 heterocycles. The summed E-state index contributed by atoms with van der Waals surface area (Å²) >= 11 is 5.81. The molecule has 0 saturated heterocycles. The highest BCUT2D eigenvalue weighted by Gasteiger charge is 2.14. The second-order valence-electron chi connectivity index (χ2n) is 5.38. The lowest BCUT2D eigenvalue weighted by Gasteiger charge is -2.12. The van der Waals surface area contributed by atoms with Crippen molar-refractivity contribution < 1.29 is 4.79 Å². The third-order valence-electron chi connectivity index (χ3n) is 3.47. The molecule has 0 atom stereocenters. The van der Waals surface area contributed by atoms with Gasteiger partial charge in [-0.15, -0.1) is 0 Å². The fourth-order valence-corrected chi connectivity index (χ4v) is 2.41. The van der Waals surface area contributed by atoms with E-state index in [1.165, 1.54) is 6.33 Å². The van der Waals surface area contributed by atoms with E-state index >= 15 is 0 Å². The third-order valence-corrected chi connectivity index (χ3v) is 3.73. The molecule has 0 spiro atoms. The number of rotatable bonds is 4. The minimum absolute atomic E-state index is 0.269. The Balaban J connectivity index is 1.79. The van der Waals surface area contributed by atoms with Crippen LogP contribution in [0.25, 0.3) is 5.82 Å². The van der Waals surface area contributed by atoms with E-state index in [1.54, 1.807) is 28.9 Å². The fraction of sp³-hybridized carbons (Fsp3) is 0.125. The summed E-state index contributed by atoms with van der Waals surface area (Å²) in [7, 11) is 0. The van der Waals surface area contributed by atoms with Gasteiger partial charge in [0.05, 0.1) is 5.69 Å². The first-order chi connectivity index (χ1) is 12.0. The van der Waals surface area contributed by atoms with E-state index in [0.29, 0.717) is 16.4 Å². The van der Waals surface area contributed by atoms with Crippen LogP contribution < -0.4 is 16.6 Å². The van der Waals surface area contributed by atoms with Gasteiger partial charge in [-0.25, -0.2) is 14.6 Å². The van der Waals surface area contributed by atoms with Crippen LogP contribution in [-0.2, 0) is 0 Å². The summed E-state index contributed by atoms with van der Waals surface area (Å²) in [6.07, 6.45) is 1.35. The minimum Gasteiger partial charge on any atom is -0.393 e. The van der Waals surface area contributed by atoms with Gasteiger partial charge in [-0.05, 0) is 44.2 Å². The first kappa shape index (κ1) is 16.7. The topological polar surface area (TPSA) is 111 Å². The Bertz CT molecular complexity index is 921. The second kappa shape index (κ2) is 6.78. The summed E-state index contributed by atoms with van der Waals surface area (Å²) in [6.45, 7) is 3.78. The Hall–Kier alpha value is -3.13. The number of nitrogen functional groups attached to an aromatic ring is 1. The van der Waals surface area contributed by atoms with Crippen molar-refractivity contribution >= 4 is 29.0 Å². The number of nitrogens with two attached hydrogens (primary N) is 1. The average molecular weight is 358 g/mol. The number of hydrazine groups is 1. The lowest BCUT2D eigenvalue weighted by Crippen LogP contribution is -2.30. The van der Waals surface area contributed by atoms with Crippen LogP contribution in [0.1, 0.15) is 21.7 Å².